The Morgan fingerprint density at radius 3 is 2.71 bits per heavy atom. The Morgan fingerprint density at radius 2 is 2.29 bits per heavy atom. The van der Waals surface area contributed by atoms with Gasteiger partial charge in [-0.15, -0.1) is 0 Å². The summed E-state index contributed by atoms with van der Waals surface area (Å²) in [6, 6.07) is 1.19. The molecule has 0 saturated carbocycles. The molecule has 0 radical (unpaired) electrons. The third-order valence-corrected chi connectivity index (χ3v) is 2.29. The number of pyridine rings is 1. The maximum Gasteiger partial charge on any atom is 0.266 e. The third kappa shape index (κ3) is 2.06. The van der Waals surface area contributed by atoms with Gasteiger partial charge in [0.1, 0.15) is 11.5 Å². The monoisotopic (exact) mass is 264 g/mol. The van der Waals surface area contributed by atoms with E-state index in [4.69, 9.17) is 5.73 Å². The fraction of sp³-hybridized carbons (Fsp3) is 0.250. The van der Waals surface area contributed by atoms with Gasteiger partial charge in [0.25, 0.3) is 6.43 Å². The van der Waals surface area contributed by atoms with E-state index in [1.54, 1.807) is 0 Å². The number of hydrogen-bond donors (Lipinski definition) is 1. The average Bonchev–Trinajstić information content (AvgIpc) is 2.16. The molecule has 0 saturated heterocycles. The molecule has 1 aromatic heterocycles. The number of rotatable bonds is 3. The molecule has 1 aromatic rings. The van der Waals surface area contributed by atoms with Crippen LogP contribution in [0.3, 0.4) is 0 Å². The van der Waals surface area contributed by atoms with E-state index < -0.39 is 6.43 Å². The Hall–Kier alpha value is -1.04. The van der Waals surface area contributed by atoms with Crippen molar-refractivity contribution in [1.82, 2.24) is 4.98 Å². The van der Waals surface area contributed by atoms with Crippen LogP contribution in [-0.2, 0) is 5.33 Å². The van der Waals surface area contributed by atoms with E-state index in [0.717, 1.165) is 0 Å². The SMILES string of the molecule is Nc1nc(C=O)c(C(F)F)cc1CBr. The Balaban J connectivity index is 3.32. The highest BCUT2D eigenvalue weighted by atomic mass is 79.9. The molecule has 3 nitrogen and oxygen atoms in total. The van der Waals surface area contributed by atoms with Crippen molar-refractivity contribution in [3.05, 3.63) is 22.9 Å². The number of aldehydes is 1. The summed E-state index contributed by atoms with van der Waals surface area (Å²) in [6.45, 7) is 0. The minimum Gasteiger partial charge on any atom is -0.383 e. The number of carbonyl (C=O) groups is 1. The lowest BCUT2D eigenvalue weighted by atomic mass is 10.1. The number of aromatic nitrogens is 1. The molecule has 0 aliphatic rings. The van der Waals surface area contributed by atoms with E-state index in [9.17, 15) is 13.6 Å². The molecule has 0 unspecified atom stereocenters. The second kappa shape index (κ2) is 4.45. The van der Waals surface area contributed by atoms with Crippen molar-refractivity contribution < 1.29 is 13.6 Å². The summed E-state index contributed by atoms with van der Waals surface area (Å²) in [6.07, 6.45) is -2.45. The standard InChI is InChI=1S/C8H7BrF2N2O/c9-2-4-1-5(7(10)11)6(3-14)13-8(4)12/h1,3,7H,2H2,(H2,12,13). The minimum atomic E-state index is -2.72. The van der Waals surface area contributed by atoms with Crippen LogP contribution in [0.15, 0.2) is 6.07 Å². The number of nitrogen functional groups attached to an aromatic ring is 1. The predicted octanol–water partition coefficient (Wildman–Crippen LogP) is 2.31. The molecule has 0 aromatic carbocycles. The van der Waals surface area contributed by atoms with Crippen molar-refractivity contribution in [2.45, 2.75) is 11.8 Å². The molecule has 0 aliphatic carbocycles. The molecule has 0 fully saturated rings. The van der Waals surface area contributed by atoms with E-state index >= 15 is 0 Å². The molecule has 0 bridgehead atoms. The summed E-state index contributed by atoms with van der Waals surface area (Å²) in [5.41, 5.74) is 5.19. The number of nitrogens with zero attached hydrogens (tertiary/aromatic N) is 1. The summed E-state index contributed by atoms with van der Waals surface area (Å²) in [5, 5.41) is 0.324. The molecular weight excluding hydrogens is 258 g/mol. The van der Waals surface area contributed by atoms with Crippen molar-refractivity contribution in [2.24, 2.45) is 0 Å². The molecule has 2 N–H and O–H groups in total. The van der Waals surface area contributed by atoms with Gasteiger partial charge in [0.2, 0.25) is 0 Å². The first-order chi connectivity index (χ1) is 6.60. The van der Waals surface area contributed by atoms with Gasteiger partial charge in [0, 0.05) is 16.5 Å². The van der Waals surface area contributed by atoms with Crippen LogP contribution in [0, 0.1) is 0 Å². The molecule has 1 rings (SSSR count). The molecule has 1 heterocycles. The zero-order valence-electron chi connectivity index (χ0n) is 7.01. The minimum absolute atomic E-state index is 0.0911. The maximum atomic E-state index is 12.4. The topological polar surface area (TPSA) is 56.0 Å². The molecule has 76 valence electrons. The van der Waals surface area contributed by atoms with E-state index in [2.05, 4.69) is 20.9 Å². The number of nitrogens with two attached hydrogens (primary N) is 1. The smallest absolute Gasteiger partial charge is 0.266 e. The van der Waals surface area contributed by atoms with E-state index in [1.807, 2.05) is 0 Å². The largest absolute Gasteiger partial charge is 0.383 e. The summed E-state index contributed by atoms with van der Waals surface area (Å²) in [5.74, 6) is 0.0911. The predicted molar refractivity (Wildman–Crippen MR) is 51.6 cm³/mol. The Morgan fingerprint density at radius 1 is 1.64 bits per heavy atom. The zero-order valence-corrected chi connectivity index (χ0v) is 8.59. The van der Waals surface area contributed by atoms with Crippen molar-refractivity contribution in [1.29, 1.82) is 0 Å². The highest BCUT2D eigenvalue weighted by molar-refractivity contribution is 9.08. The van der Waals surface area contributed by atoms with Crippen molar-refractivity contribution in [3.63, 3.8) is 0 Å². The third-order valence-electron chi connectivity index (χ3n) is 1.69. The van der Waals surface area contributed by atoms with Gasteiger partial charge in [-0.3, -0.25) is 4.79 Å². The summed E-state index contributed by atoms with van der Waals surface area (Å²) < 4.78 is 24.8. The first-order valence-electron chi connectivity index (χ1n) is 3.68. The lowest BCUT2D eigenvalue weighted by molar-refractivity contribution is 0.110. The average molecular weight is 265 g/mol. The number of halogens is 3. The van der Waals surface area contributed by atoms with Gasteiger partial charge in [-0.25, -0.2) is 13.8 Å². The van der Waals surface area contributed by atoms with Crippen LogP contribution >= 0.6 is 15.9 Å². The Bertz CT molecular complexity index is 357. The van der Waals surface area contributed by atoms with Crippen LogP contribution in [-0.4, -0.2) is 11.3 Å². The van der Waals surface area contributed by atoms with E-state index in [0.29, 0.717) is 10.9 Å². The molecule has 6 heteroatoms. The van der Waals surface area contributed by atoms with Crippen molar-refractivity contribution in [2.75, 3.05) is 5.73 Å². The summed E-state index contributed by atoms with van der Waals surface area (Å²) >= 11 is 3.08. The molecule has 0 spiro atoms. The number of anilines is 1. The van der Waals surface area contributed by atoms with Crippen LogP contribution < -0.4 is 5.73 Å². The molecule has 0 amide bonds. The fourth-order valence-corrected chi connectivity index (χ4v) is 1.43. The quantitative estimate of drug-likeness (QED) is 0.674. The van der Waals surface area contributed by atoms with Crippen LogP contribution in [0.5, 0.6) is 0 Å². The van der Waals surface area contributed by atoms with E-state index in [-0.39, 0.29) is 23.4 Å². The van der Waals surface area contributed by atoms with Crippen LogP contribution in [0.25, 0.3) is 0 Å². The van der Waals surface area contributed by atoms with Crippen LogP contribution in [0.1, 0.15) is 28.0 Å². The lowest BCUT2D eigenvalue weighted by Gasteiger charge is -2.07. The number of hydrogen-bond acceptors (Lipinski definition) is 3. The maximum absolute atomic E-state index is 12.4. The normalized spacial score (nSPS) is 10.6. The van der Waals surface area contributed by atoms with Gasteiger partial charge in [-0.1, -0.05) is 15.9 Å². The number of carbonyl (C=O) groups excluding carboxylic acids is 1. The first kappa shape index (κ1) is 11.0. The Kier molecular flexibility index (Phi) is 3.51. The molecule has 14 heavy (non-hydrogen) atoms. The highest BCUT2D eigenvalue weighted by Crippen LogP contribution is 2.25. The number of alkyl halides is 3. The highest BCUT2D eigenvalue weighted by Gasteiger charge is 2.16. The van der Waals surface area contributed by atoms with Crippen molar-refractivity contribution in [3.8, 4) is 0 Å². The van der Waals surface area contributed by atoms with Gasteiger partial charge < -0.3 is 5.73 Å². The molecular formula is C8H7BrF2N2O. The summed E-state index contributed by atoms with van der Waals surface area (Å²) in [7, 11) is 0. The second-order valence-electron chi connectivity index (χ2n) is 2.56. The van der Waals surface area contributed by atoms with Gasteiger partial charge in [-0.2, -0.15) is 0 Å². The first-order valence-corrected chi connectivity index (χ1v) is 4.81. The van der Waals surface area contributed by atoms with Gasteiger partial charge in [0.15, 0.2) is 6.29 Å². The molecule has 0 aliphatic heterocycles. The fourth-order valence-electron chi connectivity index (χ4n) is 0.978. The van der Waals surface area contributed by atoms with Gasteiger partial charge in [0.05, 0.1) is 0 Å². The van der Waals surface area contributed by atoms with Crippen molar-refractivity contribution >= 4 is 28.0 Å². The summed E-state index contributed by atoms with van der Waals surface area (Å²) in [4.78, 5) is 14.0. The van der Waals surface area contributed by atoms with Crippen LogP contribution in [0.4, 0.5) is 14.6 Å². The molecule has 0 atom stereocenters. The lowest BCUT2D eigenvalue weighted by Crippen LogP contribution is -2.04. The second-order valence-corrected chi connectivity index (χ2v) is 3.12. The zero-order chi connectivity index (χ0) is 10.7. The van der Waals surface area contributed by atoms with Gasteiger partial charge in [-0.05, 0) is 6.07 Å². The van der Waals surface area contributed by atoms with E-state index in [1.165, 1.54) is 6.07 Å². The van der Waals surface area contributed by atoms with Crippen LogP contribution in [0.2, 0.25) is 0 Å². The van der Waals surface area contributed by atoms with Gasteiger partial charge >= 0.3 is 0 Å². The Labute approximate surface area is 87.4 Å².